The van der Waals surface area contributed by atoms with Crippen LogP contribution in [0.25, 0.3) is 0 Å². The Kier molecular flexibility index (Phi) is 3.93. The normalized spacial score (nSPS) is 10.1. The average molecular weight is 242 g/mol. The molecule has 0 amide bonds. The Hall–Kier alpha value is -2.23. The van der Waals surface area contributed by atoms with Gasteiger partial charge in [-0.25, -0.2) is 13.8 Å². The van der Waals surface area contributed by atoms with E-state index >= 15 is 0 Å². The third kappa shape index (κ3) is 2.87. The monoisotopic (exact) mass is 242 g/mol. The summed E-state index contributed by atoms with van der Waals surface area (Å²) in [4.78, 5) is 14.1. The number of alkyl halides is 2. The summed E-state index contributed by atoms with van der Waals surface area (Å²) in [6, 6.07) is 2.44. The van der Waals surface area contributed by atoms with E-state index in [4.69, 9.17) is 15.1 Å². The number of rotatable bonds is 4. The largest absolute Gasteiger partial charge is 0.495 e. The van der Waals surface area contributed by atoms with E-state index in [0.29, 0.717) is 0 Å². The van der Waals surface area contributed by atoms with Crippen molar-refractivity contribution in [2.75, 3.05) is 7.11 Å². The van der Waals surface area contributed by atoms with Crippen molar-refractivity contribution in [2.45, 2.75) is 12.8 Å². The predicted octanol–water partition coefficient (Wildman–Crippen LogP) is 1.53. The zero-order valence-corrected chi connectivity index (χ0v) is 8.78. The number of hydrogen-bond donors (Lipinski definition) is 1. The van der Waals surface area contributed by atoms with Gasteiger partial charge in [0.05, 0.1) is 24.8 Å². The maximum absolute atomic E-state index is 12.6. The van der Waals surface area contributed by atoms with Crippen LogP contribution in [0.3, 0.4) is 0 Å². The van der Waals surface area contributed by atoms with Gasteiger partial charge < -0.3 is 9.84 Å². The molecule has 1 rings (SSSR count). The average Bonchev–Trinajstić information content (AvgIpc) is 2.27. The summed E-state index contributed by atoms with van der Waals surface area (Å²) in [6.07, 6.45) is -3.37. The molecule has 1 heterocycles. The van der Waals surface area contributed by atoms with Crippen LogP contribution in [0.5, 0.6) is 5.75 Å². The number of methoxy groups -OCH3 is 1. The molecule has 0 aliphatic heterocycles. The van der Waals surface area contributed by atoms with Gasteiger partial charge in [0.25, 0.3) is 6.43 Å². The molecule has 0 bridgehead atoms. The molecular formula is C10H8F2N2O3. The highest BCUT2D eigenvalue weighted by atomic mass is 19.3. The first-order chi connectivity index (χ1) is 7.99. The summed E-state index contributed by atoms with van der Waals surface area (Å²) in [5.41, 5.74) is -1.11. The van der Waals surface area contributed by atoms with Crippen LogP contribution in [0, 0.1) is 11.3 Å². The zero-order chi connectivity index (χ0) is 13.0. The Morgan fingerprint density at radius 2 is 2.35 bits per heavy atom. The highest BCUT2D eigenvalue weighted by Crippen LogP contribution is 2.28. The minimum absolute atomic E-state index is 0.0547. The van der Waals surface area contributed by atoms with Gasteiger partial charge in [-0.1, -0.05) is 0 Å². The van der Waals surface area contributed by atoms with Crippen LogP contribution in [-0.4, -0.2) is 23.2 Å². The van der Waals surface area contributed by atoms with Crippen molar-refractivity contribution in [2.24, 2.45) is 0 Å². The van der Waals surface area contributed by atoms with Gasteiger partial charge in [-0.2, -0.15) is 5.26 Å². The third-order valence-electron chi connectivity index (χ3n) is 1.97. The van der Waals surface area contributed by atoms with Crippen molar-refractivity contribution < 1.29 is 23.4 Å². The van der Waals surface area contributed by atoms with E-state index in [1.165, 1.54) is 13.2 Å². The second kappa shape index (κ2) is 5.21. The number of carbonyl (C=O) groups is 1. The van der Waals surface area contributed by atoms with Crippen LogP contribution >= 0.6 is 0 Å². The van der Waals surface area contributed by atoms with Gasteiger partial charge in [0.15, 0.2) is 0 Å². The van der Waals surface area contributed by atoms with Crippen LogP contribution in [0.1, 0.15) is 23.4 Å². The van der Waals surface area contributed by atoms with Crippen molar-refractivity contribution in [3.63, 3.8) is 0 Å². The highest BCUT2D eigenvalue weighted by molar-refractivity contribution is 5.70. The summed E-state index contributed by atoms with van der Waals surface area (Å²) in [7, 11) is 1.21. The molecule has 1 N–H and O–H groups in total. The first-order valence-corrected chi connectivity index (χ1v) is 4.47. The number of aliphatic carboxylic acids is 1. The molecule has 0 aromatic carbocycles. The lowest BCUT2D eigenvalue weighted by Crippen LogP contribution is -2.08. The molecule has 0 saturated heterocycles. The fourth-order valence-corrected chi connectivity index (χ4v) is 1.25. The molecule has 0 spiro atoms. The maximum atomic E-state index is 12.6. The van der Waals surface area contributed by atoms with E-state index in [0.717, 1.165) is 6.07 Å². The Morgan fingerprint density at radius 3 is 2.76 bits per heavy atom. The summed E-state index contributed by atoms with van der Waals surface area (Å²) in [6.45, 7) is 0. The Balaban J connectivity index is 3.33. The number of ether oxygens (including phenoxy) is 1. The van der Waals surface area contributed by atoms with E-state index in [-0.39, 0.29) is 11.4 Å². The zero-order valence-electron chi connectivity index (χ0n) is 8.78. The van der Waals surface area contributed by atoms with E-state index in [1.54, 1.807) is 0 Å². The molecule has 17 heavy (non-hydrogen) atoms. The molecule has 1 aromatic heterocycles. The molecule has 0 saturated carbocycles. The van der Waals surface area contributed by atoms with Gasteiger partial charge >= 0.3 is 5.97 Å². The second-order valence-electron chi connectivity index (χ2n) is 3.06. The van der Waals surface area contributed by atoms with Gasteiger partial charge in [-0.05, 0) is 6.07 Å². The Bertz CT molecular complexity index is 483. The number of hydrogen-bond acceptors (Lipinski definition) is 4. The Morgan fingerprint density at radius 1 is 1.71 bits per heavy atom. The number of carboxylic acids is 1. The summed E-state index contributed by atoms with van der Waals surface area (Å²) < 4.78 is 29.9. The number of halogens is 2. The SMILES string of the molecule is COc1cc(C(F)F)c(C#N)nc1CC(=O)O. The molecule has 90 valence electrons. The highest BCUT2D eigenvalue weighted by Gasteiger charge is 2.20. The first kappa shape index (κ1) is 12.8. The van der Waals surface area contributed by atoms with Crippen molar-refractivity contribution in [1.82, 2.24) is 4.98 Å². The number of aromatic nitrogens is 1. The molecule has 0 radical (unpaired) electrons. The lowest BCUT2D eigenvalue weighted by molar-refractivity contribution is -0.136. The van der Waals surface area contributed by atoms with Crippen LogP contribution in [0.4, 0.5) is 8.78 Å². The topological polar surface area (TPSA) is 83.2 Å². The standard InChI is InChI=1S/C10H8F2N2O3/c1-17-8-2-5(10(11)12)7(4-13)14-6(8)3-9(15)16/h2,10H,3H2,1H3,(H,15,16). The van der Waals surface area contributed by atoms with Gasteiger partial charge in [0.2, 0.25) is 0 Å². The number of nitriles is 1. The third-order valence-corrected chi connectivity index (χ3v) is 1.97. The van der Waals surface area contributed by atoms with E-state index in [2.05, 4.69) is 4.98 Å². The van der Waals surface area contributed by atoms with Gasteiger partial charge in [-0.3, -0.25) is 4.79 Å². The molecule has 0 atom stereocenters. The van der Waals surface area contributed by atoms with Crippen LogP contribution in [0.2, 0.25) is 0 Å². The van der Waals surface area contributed by atoms with E-state index in [9.17, 15) is 13.6 Å². The fraction of sp³-hybridized carbons (Fsp3) is 0.300. The van der Waals surface area contributed by atoms with Crippen molar-refractivity contribution in [1.29, 1.82) is 5.26 Å². The number of carboxylic acid groups (broad SMARTS) is 1. The van der Waals surface area contributed by atoms with Crippen LogP contribution < -0.4 is 4.74 Å². The Labute approximate surface area is 95.3 Å². The summed E-state index contributed by atoms with van der Waals surface area (Å²) in [5.74, 6) is -1.26. The first-order valence-electron chi connectivity index (χ1n) is 4.47. The van der Waals surface area contributed by atoms with Crippen LogP contribution in [0.15, 0.2) is 6.07 Å². The maximum Gasteiger partial charge on any atom is 0.309 e. The lowest BCUT2D eigenvalue weighted by Gasteiger charge is -2.09. The quantitative estimate of drug-likeness (QED) is 0.865. The van der Waals surface area contributed by atoms with Crippen molar-refractivity contribution in [3.05, 3.63) is 23.0 Å². The summed E-state index contributed by atoms with van der Waals surface area (Å²) >= 11 is 0. The molecule has 5 nitrogen and oxygen atoms in total. The van der Waals surface area contributed by atoms with Crippen LogP contribution in [-0.2, 0) is 11.2 Å². The molecule has 0 aliphatic rings. The smallest absolute Gasteiger partial charge is 0.309 e. The molecule has 0 fully saturated rings. The van der Waals surface area contributed by atoms with E-state index < -0.39 is 30.1 Å². The minimum atomic E-state index is -2.87. The van der Waals surface area contributed by atoms with Crippen molar-refractivity contribution in [3.8, 4) is 11.8 Å². The second-order valence-corrected chi connectivity index (χ2v) is 3.06. The lowest BCUT2D eigenvalue weighted by atomic mass is 10.1. The molecule has 0 unspecified atom stereocenters. The molecule has 1 aromatic rings. The minimum Gasteiger partial charge on any atom is -0.495 e. The van der Waals surface area contributed by atoms with Gasteiger partial charge in [-0.15, -0.1) is 0 Å². The van der Waals surface area contributed by atoms with Gasteiger partial charge in [0, 0.05) is 0 Å². The number of pyridine rings is 1. The molecule has 7 heteroatoms. The molecule has 0 aliphatic carbocycles. The molecular weight excluding hydrogens is 234 g/mol. The van der Waals surface area contributed by atoms with E-state index in [1.807, 2.05) is 0 Å². The summed E-state index contributed by atoms with van der Waals surface area (Å²) in [5, 5.41) is 17.3. The van der Waals surface area contributed by atoms with Gasteiger partial charge in [0.1, 0.15) is 17.5 Å². The van der Waals surface area contributed by atoms with Crippen molar-refractivity contribution >= 4 is 5.97 Å². The predicted molar refractivity (Wildman–Crippen MR) is 51.8 cm³/mol. The number of nitrogens with zero attached hydrogens (tertiary/aromatic N) is 2. The fourth-order valence-electron chi connectivity index (χ4n) is 1.25.